The SMILES string of the molecule is Cc1cc(N2CC3(CC(c4nnc5n4-c4ccc(Cl)cc4CN([C@H]4CCOC4)C5)C3)C2)ncc1F. The number of nitrogens with zero attached hydrogens (tertiary/aromatic N) is 6. The van der Waals surface area contributed by atoms with E-state index in [0.29, 0.717) is 22.9 Å². The molecule has 35 heavy (non-hydrogen) atoms. The fraction of sp³-hybridized carbons (Fsp3) is 0.500. The third-order valence-corrected chi connectivity index (χ3v) is 8.55. The molecule has 1 aliphatic carbocycles. The molecule has 9 heteroatoms. The van der Waals surface area contributed by atoms with Gasteiger partial charge in [-0.15, -0.1) is 10.2 Å². The summed E-state index contributed by atoms with van der Waals surface area (Å²) in [7, 11) is 0. The molecule has 0 N–H and O–H groups in total. The Hall–Kier alpha value is -2.55. The molecule has 4 aliphatic rings. The molecule has 0 radical (unpaired) electrons. The van der Waals surface area contributed by atoms with Crippen molar-refractivity contribution in [3.8, 4) is 5.69 Å². The van der Waals surface area contributed by atoms with Gasteiger partial charge in [0.05, 0.1) is 25.0 Å². The molecule has 2 saturated heterocycles. The van der Waals surface area contributed by atoms with Gasteiger partial charge in [0.15, 0.2) is 5.82 Å². The Morgan fingerprint density at radius 2 is 2.00 bits per heavy atom. The molecule has 1 spiro atoms. The van der Waals surface area contributed by atoms with E-state index in [9.17, 15) is 4.39 Å². The maximum atomic E-state index is 13.6. The number of hydrogen-bond donors (Lipinski definition) is 0. The number of halogens is 2. The summed E-state index contributed by atoms with van der Waals surface area (Å²) in [4.78, 5) is 9.01. The third kappa shape index (κ3) is 3.57. The number of hydrogen-bond acceptors (Lipinski definition) is 6. The Labute approximate surface area is 208 Å². The van der Waals surface area contributed by atoms with Gasteiger partial charge in [0, 0.05) is 48.6 Å². The fourth-order valence-electron chi connectivity index (χ4n) is 6.43. The largest absolute Gasteiger partial charge is 0.380 e. The molecule has 7 rings (SSSR count). The van der Waals surface area contributed by atoms with Gasteiger partial charge in [-0.3, -0.25) is 9.47 Å². The highest BCUT2D eigenvalue weighted by molar-refractivity contribution is 6.30. The minimum absolute atomic E-state index is 0.249. The van der Waals surface area contributed by atoms with Crippen LogP contribution in [0, 0.1) is 18.2 Å². The Balaban J connectivity index is 1.13. The summed E-state index contributed by atoms with van der Waals surface area (Å²) in [5.41, 5.74) is 3.30. The zero-order valence-corrected chi connectivity index (χ0v) is 20.5. The molecule has 2 aromatic heterocycles. The molecule has 1 atom stereocenters. The van der Waals surface area contributed by atoms with Crippen molar-refractivity contribution in [2.24, 2.45) is 5.41 Å². The maximum Gasteiger partial charge on any atom is 0.151 e. The number of ether oxygens (including phenoxy) is 1. The van der Waals surface area contributed by atoms with Crippen molar-refractivity contribution in [3.05, 3.63) is 64.1 Å². The molecule has 3 aliphatic heterocycles. The van der Waals surface area contributed by atoms with Crippen molar-refractivity contribution in [2.75, 3.05) is 31.2 Å². The number of fused-ring (bicyclic) bond motifs is 3. The van der Waals surface area contributed by atoms with Crippen LogP contribution in [0.25, 0.3) is 5.69 Å². The molecule has 1 saturated carbocycles. The van der Waals surface area contributed by atoms with E-state index in [-0.39, 0.29) is 5.82 Å². The highest BCUT2D eigenvalue weighted by atomic mass is 35.5. The topological polar surface area (TPSA) is 59.3 Å². The van der Waals surface area contributed by atoms with Crippen molar-refractivity contribution in [1.29, 1.82) is 0 Å². The van der Waals surface area contributed by atoms with Gasteiger partial charge in [-0.2, -0.15) is 0 Å². The summed E-state index contributed by atoms with van der Waals surface area (Å²) in [5, 5.41) is 10.2. The first-order chi connectivity index (χ1) is 17.0. The van der Waals surface area contributed by atoms with Crippen molar-refractivity contribution in [1.82, 2.24) is 24.6 Å². The van der Waals surface area contributed by atoms with E-state index in [1.54, 1.807) is 6.92 Å². The van der Waals surface area contributed by atoms with Gasteiger partial charge in [0.25, 0.3) is 0 Å². The van der Waals surface area contributed by atoms with Crippen LogP contribution in [0.5, 0.6) is 0 Å². The lowest BCUT2D eigenvalue weighted by atomic mass is 9.57. The number of aromatic nitrogens is 4. The number of aryl methyl sites for hydroxylation is 1. The minimum atomic E-state index is -0.249. The van der Waals surface area contributed by atoms with Crippen LogP contribution in [0.3, 0.4) is 0 Å². The van der Waals surface area contributed by atoms with Crippen LogP contribution in [-0.2, 0) is 17.8 Å². The predicted molar refractivity (Wildman–Crippen MR) is 130 cm³/mol. The first-order valence-electron chi connectivity index (χ1n) is 12.4. The van der Waals surface area contributed by atoms with Crippen LogP contribution in [0.1, 0.15) is 48.0 Å². The molecule has 182 valence electrons. The summed E-state index contributed by atoms with van der Waals surface area (Å²) >= 11 is 6.41. The molecule has 0 unspecified atom stereocenters. The molecule has 3 fully saturated rings. The smallest absolute Gasteiger partial charge is 0.151 e. The summed E-state index contributed by atoms with van der Waals surface area (Å²) in [6, 6.07) is 8.41. The Kier molecular flexibility index (Phi) is 4.95. The Bertz CT molecular complexity index is 1290. The summed E-state index contributed by atoms with van der Waals surface area (Å²) in [5.74, 6) is 3.06. The second-order valence-corrected chi connectivity index (χ2v) is 11.2. The van der Waals surface area contributed by atoms with E-state index in [0.717, 1.165) is 86.8 Å². The van der Waals surface area contributed by atoms with Gasteiger partial charge < -0.3 is 9.64 Å². The molecule has 0 bridgehead atoms. The van der Waals surface area contributed by atoms with Gasteiger partial charge in [-0.05, 0) is 61.6 Å². The molecule has 0 amide bonds. The summed E-state index contributed by atoms with van der Waals surface area (Å²) in [6.07, 6.45) is 4.55. The van der Waals surface area contributed by atoms with E-state index in [1.165, 1.54) is 11.8 Å². The summed E-state index contributed by atoms with van der Waals surface area (Å²) < 4.78 is 21.6. The van der Waals surface area contributed by atoms with E-state index in [2.05, 4.69) is 36.6 Å². The average Bonchev–Trinajstić information content (AvgIpc) is 3.42. The van der Waals surface area contributed by atoms with Crippen LogP contribution in [0.2, 0.25) is 5.02 Å². The monoisotopic (exact) mass is 494 g/mol. The van der Waals surface area contributed by atoms with Crippen LogP contribution in [0.4, 0.5) is 10.2 Å². The fourth-order valence-corrected chi connectivity index (χ4v) is 6.63. The first-order valence-corrected chi connectivity index (χ1v) is 12.8. The normalized spacial score (nSPS) is 23.5. The van der Waals surface area contributed by atoms with Gasteiger partial charge in [0.1, 0.15) is 17.5 Å². The standard InChI is InChI=1S/C26H28ClFN6O/c1-16-6-23(29-10-21(16)28)33-14-26(15-33)8-18(9-26)25-31-30-24-12-32(20-4-5-35-13-20)11-17-7-19(27)2-3-22(17)34(24)25/h2-3,6-7,10,18,20H,4-5,8-9,11-15H2,1H3/t20-/m0/s1. The quantitative estimate of drug-likeness (QED) is 0.542. The van der Waals surface area contributed by atoms with Gasteiger partial charge in [-0.25, -0.2) is 9.37 Å². The van der Waals surface area contributed by atoms with E-state index in [1.807, 2.05) is 12.1 Å². The lowest BCUT2D eigenvalue weighted by Crippen LogP contribution is -2.62. The van der Waals surface area contributed by atoms with Crippen molar-refractivity contribution in [3.63, 3.8) is 0 Å². The average molecular weight is 495 g/mol. The van der Waals surface area contributed by atoms with Crippen LogP contribution < -0.4 is 4.90 Å². The van der Waals surface area contributed by atoms with Gasteiger partial charge >= 0.3 is 0 Å². The molecule has 7 nitrogen and oxygen atoms in total. The maximum absolute atomic E-state index is 13.6. The summed E-state index contributed by atoms with van der Waals surface area (Å²) in [6.45, 7) is 6.89. The predicted octanol–water partition coefficient (Wildman–Crippen LogP) is 4.25. The Morgan fingerprint density at radius 1 is 1.14 bits per heavy atom. The Morgan fingerprint density at radius 3 is 2.77 bits per heavy atom. The zero-order valence-electron chi connectivity index (χ0n) is 19.8. The highest BCUT2D eigenvalue weighted by Crippen LogP contribution is 2.56. The second-order valence-electron chi connectivity index (χ2n) is 10.8. The molecular weight excluding hydrogens is 467 g/mol. The lowest BCUT2D eigenvalue weighted by Gasteiger charge is -2.59. The minimum Gasteiger partial charge on any atom is -0.380 e. The number of rotatable bonds is 3. The molecule has 5 heterocycles. The second kappa shape index (κ2) is 7.98. The van der Waals surface area contributed by atoms with E-state index >= 15 is 0 Å². The number of anilines is 1. The van der Waals surface area contributed by atoms with E-state index < -0.39 is 0 Å². The van der Waals surface area contributed by atoms with Crippen LogP contribution in [0.15, 0.2) is 30.5 Å². The lowest BCUT2D eigenvalue weighted by molar-refractivity contribution is 0.0581. The van der Waals surface area contributed by atoms with Crippen molar-refractivity contribution in [2.45, 2.75) is 51.2 Å². The highest BCUT2D eigenvalue weighted by Gasteiger charge is 2.54. The van der Waals surface area contributed by atoms with Crippen molar-refractivity contribution >= 4 is 17.4 Å². The molecule has 3 aromatic rings. The van der Waals surface area contributed by atoms with Gasteiger partial charge in [0.2, 0.25) is 0 Å². The zero-order chi connectivity index (χ0) is 23.7. The van der Waals surface area contributed by atoms with Gasteiger partial charge in [-0.1, -0.05) is 11.6 Å². The molecule has 1 aromatic carbocycles. The van der Waals surface area contributed by atoms with Crippen molar-refractivity contribution < 1.29 is 9.13 Å². The molecular formula is C26H28ClFN6O. The number of pyridine rings is 1. The first kappa shape index (κ1) is 21.7. The third-order valence-electron chi connectivity index (χ3n) is 8.31. The van der Waals surface area contributed by atoms with Crippen LogP contribution in [-0.4, -0.2) is 57.0 Å². The number of benzene rings is 1. The van der Waals surface area contributed by atoms with Crippen LogP contribution >= 0.6 is 11.6 Å². The van der Waals surface area contributed by atoms with E-state index in [4.69, 9.17) is 21.4 Å².